The molecule has 0 aliphatic rings. The van der Waals surface area contributed by atoms with Crippen LogP contribution in [-0.2, 0) is 0 Å². The second kappa shape index (κ2) is 4.49. The maximum Gasteiger partial charge on any atom is 0.302 e. The highest BCUT2D eigenvalue weighted by Crippen LogP contribution is 2.21. The quantitative estimate of drug-likeness (QED) is 0.764. The molecule has 0 saturated carbocycles. The summed E-state index contributed by atoms with van der Waals surface area (Å²) in [7, 11) is 0. The predicted octanol–water partition coefficient (Wildman–Crippen LogP) is 2.25. The molecule has 1 aromatic carbocycles. The number of aromatic amines is 1. The van der Waals surface area contributed by atoms with Gasteiger partial charge in [-0.1, -0.05) is 12.1 Å². The minimum Gasteiger partial charge on any atom is -0.422 e. The van der Waals surface area contributed by atoms with Gasteiger partial charge in [-0.25, -0.2) is 4.39 Å². The molecule has 0 spiro atoms. The number of nitrogens with zero attached hydrogens (tertiary/aromatic N) is 2. The maximum atomic E-state index is 13.4. The number of para-hydroxylation sites is 1. The van der Waals surface area contributed by atoms with Crippen molar-refractivity contribution >= 4 is 10.9 Å². The Morgan fingerprint density at radius 3 is 2.89 bits per heavy atom. The Morgan fingerprint density at radius 1 is 1.21 bits per heavy atom. The number of fused-ring (bicyclic) bond motifs is 1. The van der Waals surface area contributed by atoms with E-state index < -0.39 is 5.82 Å². The molecule has 5 nitrogen and oxygen atoms in total. The Morgan fingerprint density at radius 2 is 2.05 bits per heavy atom. The number of rotatable bonds is 2. The summed E-state index contributed by atoms with van der Waals surface area (Å²) in [6, 6.07) is 7.35. The lowest BCUT2D eigenvalue weighted by molar-refractivity contribution is 0.412. The van der Waals surface area contributed by atoms with Crippen LogP contribution in [0.5, 0.6) is 11.8 Å². The van der Waals surface area contributed by atoms with Crippen molar-refractivity contribution in [2.24, 2.45) is 0 Å². The van der Waals surface area contributed by atoms with Gasteiger partial charge in [0.15, 0.2) is 11.6 Å². The number of benzene rings is 1. The SMILES string of the molecule is O=c1[nH]c(Oc2ccccc2F)nc2cnccc12. The van der Waals surface area contributed by atoms with Crippen LogP contribution in [0.2, 0.25) is 0 Å². The number of halogens is 1. The van der Waals surface area contributed by atoms with Crippen molar-refractivity contribution in [2.75, 3.05) is 0 Å². The van der Waals surface area contributed by atoms with Gasteiger partial charge in [-0.3, -0.25) is 14.8 Å². The van der Waals surface area contributed by atoms with E-state index in [1.165, 1.54) is 24.5 Å². The van der Waals surface area contributed by atoms with Crippen LogP contribution in [0.1, 0.15) is 0 Å². The van der Waals surface area contributed by atoms with Crippen LogP contribution in [0, 0.1) is 5.82 Å². The summed E-state index contributed by atoms with van der Waals surface area (Å²) in [6.45, 7) is 0. The molecular weight excluding hydrogens is 249 g/mol. The Bertz CT molecular complexity index is 801. The molecule has 0 aliphatic carbocycles. The van der Waals surface area contributed by atoms with Gasteiger partial charge in [-0.05, 0) is 18.2 Å². The summed E-state index contributed by atoms with van der Waals surface area (Å²) in [4.78, 5) is 22.2. The number of nitrogens with one attached hydrogen (secondary N) is 1. The van der Waals surface area contributed by atoms with Crippen molar-refractivity contribution in [2.45, 2.75) is 0 Å². The molecule has 0 saturated heterocycles. The number of hydrogen-bond donors (Lipinski definition) is 1. The minimum absolute atomic E-state index is 0.00566. The van der Waals surface area contributed by atoms with Crippen molar-refractivity contribution in [1.82, 2.24) is 15.0 Å². The Balaban J connectivity index is 2.07. The van der Waals surface area contributed by atoms with Gasteiger partial charge in [-0.2, -0.15) is 4.98 Å². The molecule has 0 fully saturated rings. The van der Waals surface area contributed by atoms with Gasteiger partial charge in [-0.15, -0.1) is 0 Å². The fourth-order valence-corrected chi connectivity index (χ4v) is 1.65. The lowest BCUT2D eigenvalue weighted by atomic mass is 10.3. The topological polar surface area (TPSA) is 67.9 Å². The fraction of sp³-hybridized carbons (Fsp3) is 0. The first kappa shape index (κ1) is 11.3. The van der Waals surface area contributed by atoms with Crippen molar-refractivity contribution in [3.05, 3.63) is 58.9 Å². The van der Waals surface area contributed by atoms with Crippen LogP contribution >= 0.6 is 0 Å². The second-order valence-corrected chi connectivity index (χ2v) is 3.80. The molecule has 3 rings (SSSR count). The van der Waals surface area contributed by atoms with E-state index in [1.54, 1.807) is 18.2 Å². The Hall–Kier alpha value is -2.76. The third kappa shape index (κ3) is 2.15. The van der Waals surface area contributed by atoms with Gasteiger partial charge in [0.1, 0.15) is 0 Å². The standard InChI is InChI=1S/C13H8FN3O2/c14-9-3-1-2-4-11(9)19-13-16-10-7-15-6-5-8(10)12(18)17-13/h1-7H,(H,16,17,18). The largest absolute Gasteiger partial charge is 0.422 e. The summed E-state index contributed by atoms with van der Waals surface area (Å²) < 4.78 is 18.7. The molecule has 0 bridgehead atoms. The van der Waals surface area contributed by atoms with Crippen molar-refractivity contribution in [1.29, 1.82) is 0 Å². The third-order valence-electron chi connectivity index (χ3n) is 2.53. The van der Waals surface area contributed by atoms with Crippen LogP contribution in [-0.4, -0.2) is 15.0 Å². The molecule has 0 amide bonds. The Labute approximate surface area is 106 Å². The molecule has 0 radical (unpaired) electrons. The molecule has 3 aromatic rings. The van der Waals surface area contributed by atoms with Gasteiger partial charge in [0.2, 0.25) is 0 Å². The van der Waals surface area contributed by atoms with E-state index in [2.05, 4.69) is 15.0 Å². The molecular formula is C13H8FN3O2. The number of aromatic nitrogens is 3. The highest BCUT2D eigenvalue weighted by atomic mass is 19.1. The summed E-state index contributed by atoms with van der Waals surface area (Å²) >= 11 is 0. The monoisotopic (exact) mass is 257 g/mol. The molecule has 2 aromatic heterocycles. The van der Waals surface area contributed by atoms with Crippen LogP contribution < -0.4 is 10.3 Å². The summed E-state index contributed by atoms with van der Waals surface area (Å²) in [5, 5.41) is 0.399. The number of hydrogen-bond acceptors (Lipinski definition) is 4. The maximum absolute atomic E-state index is 13.4. The van der Waals surface area contributed by atoms with Crippen LogP contribution in [0.25, 0.3) is 10.9 Å². The summed E-state index contributed by atoms with van der Waals surface area (Å²) in [5.74, 6) is -0.537. The highest BCUT2D eigenvalue weighted by Gasteiger charge is 2.08. The first-order valence-corrected chi connectivity index (χ1v) is 5.50. The number of H-pyrrole nitrogens is 1. The molecule has 2 heterocycles. The summed E-state index contributed by atoms with van der Waals surface area (Å²) in [6.07, 6.45) is 2.94. The van der Waals surface area contributed by atoms with Gasteiger partial charge in [0, 0.05) is 6.20 Å². The lowest BCUT2D eigenvalue weighted by Gasteiger charge is -2.05. The zero-order valence-electron chi connectivity index (χ0n) is 9.63. The third-order valence-corrected chi connectivity index (χ3v) is 2.53. The van der Waals surface area contributed by atoms with Gasteiger partial charge in [0.05, 0.1) is 17.1 Å². The predicted molar refractivity (Wildman–Crippen MR) is 66.6 cm³/mol. The first-order chi connectivity index (χ1) is 9.24. The smallest absolute Gasteiger partial charge is 0.302 e. The molecule has 0 unspecified atom stereocenters. The first-order valence-electron chi connectivity index (χ1n) is 5.50. The molecule has 0 aliphatic heterocycles. The van der Waals surface area contributed by atoms with Crippen LogP contribution in [0.3, 0.4) is 0 Å². The van der Waals surface area contributed by atoms with E-state index in [0.29, 0.717) is 10.9 Å². The van der Waals surface area contributed by atoms with Gasteiger partial charge >= 0.3 is 6.01 Å². The average Bonchev–Trinajstić information content (AvgIpc) is 2.42. The second-order valence-electron chi connectivity index (χ2n) is 3.80. The zero-order chi connectivity index (χ0) is 13.2. The van der Waals surface area contributed by atoms with E-state index in [9.17, 15) is 9.18 Å². The van der Waals surface area contributed by atoms with E-state index in [0.717, 1.165) is 0 Å². The summed E-state index contributed by atoms with van der Waals surface area (Å²) in [5.41, 5.74) is 0.0244. The zero-order valence-corrected chi connectivity index (χ0v) is 9.63. The van der Waals surface area contributed by atoms with Gasteiger partial charge in [0.25, 0.3) is 5.56 Å². The average molecular weight is 257 g/mol. The van der Waals surface area contributed by atoms with E-state index in [1.807, 2.05) is 0 Å². The highest BCUT2D eigenvalue weighted by molar-refractivity contribution is 5.76. The normalized spacial score (nSPS) is 10.6. The number of pyridine rings is 1. The fourth-order valence-electron chi connectivity index (χ4n) is 1.65. The number of ether oxygens (including phenoxy) is 1. The van der Waals surface area contributed by atoms with Gasteiger partial charge < -0.3 is 4.74 Å². The Kier molecular flexibility index (Phi) is 2.68. The van der Waals surface area contributed by atoms with Crippen molar-refractivity contribution in [3.63, 3.8) is 0 Å². The van der Waals surface area contributed by atoms with Crippen molar-refractivity contribution < 1.29 is 9.13 Å². The molecule has 1 N–H and O–H groups in total. The van der Waals surface area contributed by atoms with Crippen LogP contribution in [0.15, 0.2) is 47.5 Å². The molecule has 94 valence electrons. The molecule has 0 atom stereocenters. The van der Waals surface area contributed by atoms with E-state index in [-0.39, 0.29) is 17.3 Å². The van der Waals surface area contributed by atoms with Crippen LogP contribution in [0.4, 0.5) is 4.39 Å². The van der Waals surface area contributed by atoms with Crippen molar-refractivity contribution in [3.8, 4) is 11.8 Å². The minimum atomic E-state index is -0.531. The van der Waals surface area contributed by atoms with E-state index >= 15 is 0 Å². The molecule has 6 heteroatoms. The van der Waals surface area contributed by atoms with E-state index in [4.69, 9.17) is 4.74 Å². The molecule has 19 heavy (non-hydrogen) atoms. The lowest BCUT2D eigenvalue weighted by Crippen LogP contribution is -2.09.